The smallest absolute Gasteiger partial charge is 0.180 e. The van der Waals surface area contributed by atoms with Gasteiger partial charge in [-0.25, -0.2) is 9.97 Å². The van der Waals surface area contributed by atoms with E-state index in [0.29, 0.717) is 18.8 Å². The number of benzene rings is 1. The summed E-state index contributed by atoms with van der Waals surface area (Å²) in [6.07, 6.45) is 5.34. The van der Waals surface area contributed by atoms with E-state index < -0.39 is 0 Å². The summed E-state index contributed by atoms with van der Waals surface area (Å²) >= 11 is 0. The molecule has 0 atom stereocenters. The second-order valence-electron chi connectivity index (χ2n) is 9.56. The number of likely N-dealkylation sites (N-methyl/N-ethyl adjacent to an activating group) is 1. The quantitative estimate of drug-likeness (QED) is 0.581. The lowest BCUT2D eigenvalue weighted by Crippen LogP contribution is -2.30. The van der Waals surface area contributed by atoms with Gasteiger partial charge < -0.3 is 9.64 Å². The minimum atomic E-state index is -0.0211. The zero-order valence-electron chi connectivity index (χ0n) is 19.0. The Kier molecular flexibility index (Phi) is 5.65. The SMILES string of the molecule is COc1ccc2cnc(-c3nc4c(c(N(C)CC(=O)CC(C)(C)C)n3)CCC4)cc2c1. The van der Waals surface area contributed by atoms with E-state index in [1.54, 1.807) is 7.11 Å². The van der Waals surface area contributed by atoms with Gasteiger partial charge in [-0.3, -0.25) is 9.78 Å². The number of hydrogen-bond donors (Lipinski definition) is 0. The summed E-state index contributed by atoms with van der Waals surface area (Å²) in [7, 11) is 3.61. The fraction of sp³-hybridized carbons (Fsp3) is 0.440. The summed E-state index contributed by atoms with van der Waals surface area (Å²) in [4.78, 5) is 28.9. The van der Waals surface area contributed by atoms with E-state index in [0.717, 1.165) is 58.6 Å². The van der Waals surface area contributed by atoms with Crippen LogP contribution in [0.15, 0.2) is 30.5 Å². The summed E-state index contributed by atoms with van der Waals surface area (Å²) < 4.78 is 5.36. The van der Waals surface area contributed by atoms with Gasteiger partial charge in [0.2, 0.25) is 0 Å². The molecule has 2 heterocycles. The first-order chi connectivity index (χ1) is 14.7. The van der Waals surface area contributed by atoms with Gasteiger partial charge in [-0.2, -0.15) is 0 Å². The molecular formula is C25H30N4O2. The van der Waals surface area contributed by atoms with Crippen molar-refractivity contribution in [3.8, 4) is 17.3 Å². The zero-order chi connectivity index (χ0) is 22.2. The third-order valence-corrected chi connectivity index (χ3v) is 5.57. The van der Waals surface area contributed by atoms with E-state index in [-0.39, 0.29) is 11.2 Å². The molecule has 1 aromatic carbocycles. The molecule has 6 nitrogen and oxygen atoms in total. The predicted molar refractivity (Wildman–Crippen MR) is 124 cm³/mol. The van der Waals surface area contributed by atoms with Crippen LogP contribution in [0.4, 0.5) is 5.82 Å². The average molecular weight is 419 g/mol. The Morgan fingerprint density at radius 2 is 1.94 bits per heavy atom. The molecule has 0 amide bonds. The molecule has 0 bridgehead atoms. The number of fused-ring (bicyclic) bond motifs is 2. The van der Waals surface area contributed by atoms with Crippen molar-refractivity contribution in [1.29, 1.82) is 0 Å². The molecule has 1 aliphatic rings. The fourth-order valence-corrected chi connectivity index (χ4v) is 4.20. The monoisotopic (exact) mass is 418 g/mol. The average Bonchev–Trinajstić information content (AvgIpc) is 3.19. The molecule has 0 saturated carbocycles. The van der Waals surface area contributed by atoms with Crippen LogP contribution in [0, 0.1) is 5.41 Å². The highest BCUT2D eigenvalue weighted by atomic mass is 16.5. The number of carbonyl (C=O) groups excluding carboxylic acids is 1. The third kappa shape index (κ3) is 4.68. The van der Waals surface area contributed by atoms with Crippen LogP contribution in [0.5, 0.6) is 5.75 Å². The number of anilines is 1. The maximum Gasteiger partial charge on any atom is 0.180 e. The van der Waals surface area contributed by atoms with Crippen molar-refractivity contribution in [3.63, 3.8) is 0 Å². The topological polar surface area (TPSA) is 68.2 Å². The van der Waals surface area contributed by atoms with Crippen molar-refractivity contribution in [2.75, 3.05) is 25.6 Å². The standard InChI is InChI=1S/C25H30N4O2/c1-25(2,3)13-18(30)15-29(4)24-20-7-6-8-21(20)27-23(28-24)22-12-17-11-19(31-5)10-9-16(17)14-26-22/h9-12,14H,6-8,13,15H2,1-5H3. The fourth-order valence-electron chi connectivity index (χ4n) is 4.20. The summed E-state index contributed by atoms with van der Waals surface area (Å²) in [5.74, 6) is 2.48. The van der Waals surface area contributed by atoms with Gasteiger partial charge in [0.05, 0.1) is 13.7 Å². The minimum Gasteiger partial charge on any atom is -0.497 e. The predicted octanol–water partition coefficient (Wildman–Crippen LogP) is 4.63. The van der Waals surface area contributed by atoms with Crippen LogP contribution in [0.2, 0.25) is 0 Å². The van der Waals surface area contributed by atoms with Gasteiger partial charge in [0.25, 0.3) is 0 Å². The highest BCUT2D eigenvalue weighted by molar-refractivity contribution is 5.86. The van der Waals surface area contributed by atoms with Crippen LogP contribution in [-0.2, 0) is 17.6 Å². The molecular weight excluding hydrogens is 388 g/mol. The second kappa shape index (κ2) is 8.25. The molecule has 6 heteroatoms. The lowest BCUT2D eigenvalue weighted by atomic mass is 9.90. The number of ketones is 1. The molecule has 0 unspecified atom stereocenters. The van der Waals surface area contributed by atoms with Crippen LogP contribution in [0.3, 0.4) is 0 Å². The molecule has 4 rings (SSSR count). The first-order valence-electron chi connectivity index (χ1n) is 10.8. The Labute approximate surface area is 183 Å². The molecule has 0 spiro atoms. The maximum atomic E-state index is 12.6. The number of rotatable bonds is 6. The number of pyridine rings is 1. The molecule has 31 heavy (non-hydrogen) atoms. The lowest BCUT2D eigenvalue weighted by molar-refractivity contribution is -0.119. The van der Waals surface area contributed by atoms with Crippen LogP contribution in [0.1, 0.15) is 44.9 Å². The Bertz CT molecular complexity index is 1130. The normalized spacial score (nSPS) is 13.3. The lowest BCUT2D eigenvalue weighted by Gasteiger charge is -2.23. The third-order valence-electron chi connectivity index (χ3n) is 5.57. The summed E-state index contributed by atoms with van der Waals surface area (Å²) in [5.41, 5.74) is 2.94. The number of nitrogens with zero attached hydrogens (tertiary/aromatic N) is 4. The van der Waals surface area contributed by atoms with Gasteiger partial charge in [-0.15, -0.1) is 0 Å². The number of methoxy groups -OCH3 is 1. The van der Waals surface area contributed by atoms with Crippen molar-refractivity contribution >= 4 is 22.4 Å². The van der Waals surface area contributed by atoms with E-state index in [1.807, 2.05) is 42.4 Å². The van der Waals surface area contributed by atoms with Gasteiger partial charge in [-0.05, 0) is 54.3 Å². The Hall–Kier alpha value is -3.02. The maximum absolute atomic E-state index is 12.6. The van der Waals surface area contributed by atoms with Crippen LogP contribution >= 0.6 is 0 Å². The Morgan fingerprint density at radius 3 is 2.68 bits per heavy atom. The van der Waals surface area contributed by atoms with Crippen LogP contribution < -0.4 is 9.64 Å². The van der Waals surface area contributed by atoms with Gasteiger partial charge in [0, 0.05) is 36.3 Å². The number of aromatic nitrogens is 3. The van der Waals surface area contributed by atoms with E-state index in [1.165, 1.54) is 0 Å². The Morgan fingerprint density at radius 1 is 1.13 bits per heavy atom. The van der Waals surface area contributed by atoms with Crippen molar-refractivity contribution in [2.45, 2.75) is 46.5 Å². The summed E-state index contributed by atoms with van der Waals surface area (Å²) in [6.45, 7) is 6.62. The zero-order valence-corrected chi connectivity index (χ0v) is 19.0. The number of carbonyl (C=O) groups is 1. The molecule has 162 valence electrons. The van der Waals surface area contributed by atoms with Gasteiger partial charge >= 0.3 is 0 Å². The molecule has 1 aliphatic carbocycles. The molecule has 0 fully saturated rings. The van der Waals surface area contributed by atoms with Gasteiger partial charge in [0.1, 0.15) is 17.3 Å². The van der Waals surface area contributed by atoms with E-state index in [9.17, 15) is 4.79 Å². The first-order valence-corrected chi connectivity index (χ1v) is 10.8. The molecule has 2 aromatic heterocycles. The number of hydrogen-bond acceptors (Lipinski definition) is 6. The van der Waals surface area contributed by atoms with Crippen LogP contribution in [-0.4, -0.2) is 41.4 Å². The van der Waals surface area contributed by atoms with Crippen molar-refractivity contribution in [3.05, 3.63) is 41.7 Å². The van der Waals surface area contributed by atoms with Crippen molar-refractivity contribution in [1.82, 2.24) is 15.0 Å². The number of ether oxygens (including phenoxy) is 1. The summed E-state index contributed by atoms with van der Waals surface area (Å²) in [6, 6.07) is 7.92. The molecule has 0 aliphatic heterocycles. The highest BCUT2D eigenvalue weighted by Gasteiger charge is 2.24. The summed E-state index contributed by atoms with van der Waals surface area (Å²) in [5, 5.41) is 2.07. The van der Waals surface area contributed by atoms with Gasteiger partial charge in [-0.1, -0.05) is 20.8 Å². The molecule has 3 aromatic rings. The minimum absolute atomic E-state index is 0.0211. The molecule has 0 saturated heterocycles. The van der Waals surface area contributed by atoms with E-state index >= 15 is 0 Å². The van der Waals surface area contributed by atoms with Gasteiger partial charge in [0.15, 0.2) is 11.6 Å². The molecule has 0 radical (unpaired) electrons. The van der Waals surface area contributed by atoms with E-state index in [4.69, 9.17) is 14.7 Å². The first kappa shape index (κ1) is 21.2. The van der Waals surface area contributed by atoms with E-state index in [2.05, 4.69) is 25.8 Å². The number of aryl methyl sites for hydroxylation is 1. The van der Waals surface area contributed by atoms with Crippen LogP contribution in [0.25, 0.3) is 22.3 Å². The van der Waals surface area contributed by atoms with Crippen molar-refractivity contribution < 1.29 is 9.53 Å². The highest BCUT2D eigenvalue weighted by Crippen LogP contribution is 2.32. The second-order valence-corrected chi connectivity index (χ2v) is 9.56. The largest absolute Gasteiger partial charge is 0.497 e. The number of Topliss-reactive ketones (excluding diaryl/α,β-unsaturated/α-hetero) is 1. The van der Waals surface area contributed by atoms with Crippen molar-refractivity contribution in [2.24, 2.45) is 5.41 Å². The Balaban J connectivity index is 1.70. The molecule has 0 N–H and O–H groups in total.